The minimum atomic E-state index is -1.19. The highest BCUT2D eigenvalue weighted by Gasteiger charge is 1.82. The van der Waals surface area contributed by atoms with E-state index < -0.39 is 12.6 Å². The molecule has 0 amide bonds. The second kappa shape index (κ2) is 6.63. The van der Waals surface area contributed by atoms with Gasteiger partial charge in [0.05, 0.1) is 0 Å². The van der Waals surface area contributed by atoms with Gasteiger partial charge < -0.3 is 10.2 Å². The fraction of sp³-hybridized carbons (Fsp3) is 0.167. The molecule has 0 bridgehead atoms. The van der Waals surface area contributed by atoms with Gasteiger partial charge in [-0.2, -0.15) is 0 Å². The van der Waals surface area contributed by atoms with Gasteiger partial charge in [-0.05, 0) is 0 Å². The van der Waals surface area contributed by atoms with Crippen LogP contribution in [-0.4, -0.2) is 32.8 Å². The fourth-order valence-electron chi connectivity index (χ4n) is 0.253. The summed E-state index contributed by atoms with van der Waals surface area (Å²) in [6, 6.07) is 0. The van der Waals surface area contributed by atoms with Crippen molar-refractivity contribution in [1.29, 1.82) is 0 Å². The van der Waals surface area contributed by atoms with Crippen molar-refractivity contribution in [1.82, 2.24) is 9.97 Å². The Balaban J connectivity index is 0.000000187. The molecule has 11 heavy (non-hydrogen) atoms. The number of aliphatic hydroxyl groups excluding tert-OH is 1. The van der Waals surface area contributed by atoms with E-state index >= 15 is 0 Å². The normalized spacial score (nSPS) is 7.73. The van der Waals surface area contributed by atoms with Crippen molar-refractivity contribution >= 4 is 5.97 Å². The molecule has 0 unspecified atom stereocenters. The number of aromatic nitrogens is 2. The molecule has 0 saturated carbocycles. The van der Waals surface area contributed by atoms with E-state index in [1.54, 1.807) is 24.8 Å². The Morgan fingerprint density at radius 2 is 1.45 bits per heavy atom. The molecule has 0 aliphatic rings. The molecule has 60 valence electrons. The van der Waals surface area contributed by atoms with Gasteiger partial charge in [-0.25, -0.2) is 4.79 Å². The first-order valence-electron chi connectivity index (χ1n) is 2.80. The fourth-order valence-corrected chi connectivity index (χ4v) is 0.253. The van der Waals surface area contributed by atoms with E-state index in [0.717, 1.165) is 0 Å². The zero-order chi connectivity index (χ0) is 8.53. The molecule has 1 heterocycles. The Morgan fingerprint density at radius 1 is 1.18 bits per heavy atom. The van der Waals surface area contributed by atoms with E-state index in [0.29, 0.717) is 0 Å². The van der Waals surface area contributed by atoms with Crippen LogP contribution in [0.25, 0.3) is 0 Å². The van der Waals surface area contributed by atoms with Gasteiger partial charge in [-0.1, -0.05) is 0 Å². The first-order chi connectivity index (χ1) is 5.27. The molecule has 0 spiro atoms. The highest BCUT2D eigenvalue weighted by atomic mass is 16.4. The summed E-state index contributed by atoms with van der Waals surface area (Å²) in [5, 5.41) is 15.0. The van der Waals surface area contributed by atoms with Crippen molar-refractivity contribution in [2.24, 2.45) is 0 Å². The third-order valence-electron chi connectivity index (χ3n) is 0.613. The van der Waals surface area contributed by atoms with Crippen LogP contribution in [-0.2, 0) is 4.79 Å². The van der Waals surface area contributed by atoms with Crippen LogP contribution in [0.4, 0.5) is 0 Å². The van der Waals surface area contributed by atoms with Crippen LogP contribution in [0.2, 0.25) is 0 Å². The van der Waals surface area contributed by atoms with Crippen LogP contribution >= 0.6 is 0 Å². The van der Waals surface area contributed by atoms with Crippen molar-refractivity contribution in [3.63, 3.8) is 0 Å². The summed E-state index contributed by atoms with van der Waals surface area (Å²) >= 11 is 0. The van der Waals surface area contributed by atoms with Gasteiger partial charge in [0.2, 0.25) is 0 Å². The summed E-state index contributed by atoms with van der Waals surface area (Å²) in [4.78, 5) is 16.6. The second-order valence-electron chi connectivity index (χ2n) is 1.45. The number of rotatable bonds is 1. The average Bonchev–Trinajstić information content (AvgIpc) is 2.09. The lowest BCUT2D eigenvalue weighted by molar-refractivity contribution is -0.140. The summed E-state index contributed by atoms with van der Waals surface area (Å²) in [5.74, 6) is -1.19. The largest absolute Gasteiger partial charge is 0.480 e. The Morgan fingerprint density at radius 3 is 1.55 bits per heavy atom. The van der Waals surface area contributed by atoms with Gasteiger partial charge in [0.1, 0.15) is 6.61 Å². The maximum Gasteiger partial charge on any atom is 0.329 e. The molecule has 5 nitrogen and oxygen atoms in total. The quantitative estimate of drug-likeness (QED) is 0.574. The molecule has 1 aromatic heterocycles. The average molecular weight is 156 g/mol. The van der Waals surface area contributed by atoms with E-state index in [4.69, 9.17) is 15.0 Å². The van der Waals surface area contributed by atoms with Crippen molar-refractivity contribution in [3.8, 4) is 0 Å². The number of hydrogen-bond donors (Lipinski definition) is 2. The molecule has 0 fully saturated rings. The van der Waals surface area contributed by atoms with Gasteiger partial charge in [0.25, 0.3) is 0 Å². The molecular formula is C6H8N2O3. The number of hydrogen-bond acceptors (Lipinski definition) is 4. The van der Waals surface area contributed by atoms with Gasteiger partial charge in [-0.3, -0.25) is 9.97 Å². The van der Waals surface area contributed by atoms with Crippen LogP contribution in [0.5, 0.6) is 0 Å². The number of carbonyl (C=O) groups is 1. The first kappa shape index (κ1) is 9.51. The molecule has 0 aliphatic heterocycles. The molecule has 1 aromatic rings. The van der Waals surface area contributed by atoms with Crippen molar-refractivity contribution in [2.45, 2.75) is 0 Å². The van der Waals surface area contributed by atoms with Gasteiger partial charge in [0, 0.05) is 24.8 Å². The monoisotopic (exact) mass is 156 g/mol. The van der Waals surface area contributed by atoms with Crippen molar-refractivity contribution < 1.29 is 15.0 Å². The lowest BCUT2D eigenvalue weighted by Crippen LogP contribution is -1.98. The lowest BCUT2D eigenvalue weighted by atomic mass is 10.8. The highest BCUT2D eigenvalue weighted by molar-refractivity contribution is 5.67. The molecule has 0 radical (unpaired) electrons. The van der Waals surface area contributed by atoms with E-state index in [2.05, 4.69) is 9.97 Å². The Hall–Kier alpha value is -1.49. The minimum absolute atomic E-state index is 0.778. The number of aliphatic hydroxyl groups is 1. The predicted molar refractivity (Wildman–Crippen MR) is 36.8 cm³/mol. The Labute approximate surface area is 63.4 Å². The summed E-state index contributed by atoms with van der Waals surface area (Å²) in [6.07, 6.45) is 6.56. The van der Waals surface area contributed by atoms with Gasteiger partial charge >= 0.3 is 5.97 Å². The molecule has 0 atom stereocenters. The predicted octanol–water partition coefficient (Wildman–Crippen LogP) is -0.460. The zero-order valence-electron chi connectivity index (χ0n) is 5.71. The van der Waals surface area contributed by atoms with Gasteiger partial charge in [-0.15, -0.1) is 0 Å². The topological polar surface area (TPSA) is 83.3 Å². The third-order valence-corrected chi connectivity index (χ3v) is 0.613. The number of aliphatic carboxylic acids is 1. The SMILES string of the molecule is O=C(O)CO.c1cnccn1. The molecule has 0 saturated heterocycles. The number of carboxylic acids is 1. The van der Waals surface area contributed by atoms with Crippen molar-refractivity contribution in [2.75, 3.05) is 6.61 Å². The van der Waals surface area contributed by atoms with E-state index in [-0.39, 0.29) is 0 Å². The molecule has 5 heteroatoms. The summed E-state index contributed by atoms with van der Waals surface area (Å²) in [7, 11) is 0. The number of carboxylic acid groups (broad SMARTS) is 1. The zero-order valence-corrected chi connectivity index (χ0v) is 5.71. The summed E-state index contributed by atoms with van der Waals surface area (Å²) in [6.45, 7) is -0.778. The Kier molecular flexibility index (Phi) is 5.73. The van der Waals surface area contributed by atoms with Crippen LogP contribution < -0.4 is 0 Å². The van der Waals surface area contributed by atoms with Crippen LogP contribution in [0, 0.1) is 0 Å². The van der Waals surface area contributed by atoms with E-state index in [1.165, 1.54) is 0 Å². The minimum Gasteiger partial charge on any atom is -0.480 e. The highest BCUT2D eigenvalue weighted by Crippen LogP contribution is 1.65. The maximum atomic E-state index is 9.12. The molecule has 0 aromatic carbocycles. The Bertz CT molecular complexity index is 164. The third kappa shape index (κ3) is 8.51. The standard InChI is InChI=1S/C4H4N2.C2H4O3/c1-2-6-4-3-5-1;3-1-2(4)5/h1-4H;3H,1H2,(H,4,5). The maximum absolute atomic E-state index is 9.12. The van der Waals surface area contributed by atoms with Crippen LogP contribution in [0.3, 0.4) is 0 Å². The van der Waals surface area contributed by atoms with Gasteiger partial charge in [0.15, 0.2) is 0 Å². The van der Waals surface area contributed by atoms with Crippen molar-refractivity contribution in [3.05, 3.63) is 24.8 Å². The van der Waals surface area contributed by atoms with Crippen LogP contribution in [0.1, 0.15) is 0 Å². The van der Waals surface area contributed by atoms with E-state index in [9.17, 15) is 0 Å². The summed E-state index contributed by atoms with van der Waals surface area (Å²) < 4.78 is 0. The summed E-state index contributed by atoms with van der Waals surface area (Å²) in [5.41, 5.74) is 0. The number of nitrogens with zero attached hydrogens (tertiary/aromatic N) is 2. The van der Waals surface area contributed by atoms with E-state index in [1.807, 2.05) is 0 Å². The smallest absolute Gasteiger partial charge is 0.329 e. The lowest BCUT2D eigenvalue weighted by Gasteiger charge is -1.72. The molecule has 1 rings (SSSR count). The second-order valence-corrected chi connectivity index (χ2v) is 1.45. The molecular weight excluding hydrogens is 148 g/mol. The first-order valence-corrected chi connectivity index (χ1v) is 2.80. The van der Waals surface area contributed by atoms with Crippen LogP contribution in [0.15, 0.2) is 24.8 Å². The molecule has 0 aliphatic carbocycles. The molecule has 2 N–H and O–H groups in total.